The zero-order valence-electron chi connectivity index (χ0n) is 20.2. The summed E-state index contributed by atoms with van der Waals surface area (Å²) in [7, 11) is 0. The van der Waals surface area contributed by atoms with Gasteiger partial charge in [-0.1, -0.05) is 68.4 Å². The number of hydrogen-bond donors (Lipinski definition) is 2. The maximum atomic E-state index is 13.0. The highest BCUT2D eigenvalue weighted by Crippen LogP contribution is 2.29. The van der Waals surface area contributed by atoms with Crippen LogP contribution in [0.2, 0.25) is 0 Å². The summed E-state index contributed by atoms with van der Waals surface area (Å²) < 4.78 is 2.10. The first kappa shape index (κ1) is 23.2. The molecule has 0 unspecified atom stereocenters. The molecular weight excluding hydrogens is 450 g/mol. The van der Waals surface area contributed by atoms with Gasteiger partial charge in [-0.15, -0.1) is 0 Å². The van der Waals surface area contributed by atoms with Gasteiger partial charge in [0, 0.05) is 29.7 Å². The molecule has 7 nitrogen and oxygen atoms in total. The van der Waals surface area contributed by atoms with Gasteiger partial charge in [0.2, 0.25) is 5.91 Å². The van der Waals surface area contributed by atoms with E-state index in [9.17, 15) is 9.59 Å². The van der Waals surface area contributed by atoms with Crippen molar-refractivity contribution in [2.24, 2.45) is 11.7 Å². The Morgan fingerprint density at radius 1 is 0.972 bits per heavy atom. The Morgan fingerprint density at radius 2 is 1.69 bits per heavy atom. The van der Waals surface area contributed by atoms with Gasteiger partial charge in [-0.2, -0.15) is 0 Å². The van der Waals surface area contributed by atoms with Crippen molar-refractivity contribution in [2.75, 3.05) is 11.9 Å². The number of nitrogens with two attached hydrogens (primary N) is 1. The molecule has 0 fully saturated rings. The van der Waals surface area contributed by atoms with Gasteiger partial charge in [-0.25, -0.2) is 9.97 Å². The number of anilines is 1. The molecule has 5 aromatic rings. The largest absolute Gasteiger partial charge is 0.367 e. The predicted molar refractivity (Wildman–Crippen MR) is 142 cm³/mol. The molecular formula is C29H27N5O2. The fraction of sp³-hybridized carbons (Fsp3) is 0.172. The molecule has 2 aromatic heterocycles. The van der Waals surface area contributed by atoms with E-state index in [0.717, 1.165) is 40.3 Å². The number of benzene rings is 3. The highest BCUT2D eigenvalue weighted by Gasteiger charge is 2.16. The molecule has 180 valence electrons. The molecule has 0 aliphatic rings. The molecule has 0 saturated heterocycles. The Balaban J connectivity index is 1.50. The molecule has 0 bridgehead atoms. The number of amides is 1. The summed E-state index contributed by atoms with van der Waals surface area (Å²) in [5, 5.41) is 3.43. The van der Waals surface area contributed by atoms with Gasteiger partial charge in [0.1, 0.15) is 0 Å². The Bertz CT molecular complexity index is 1590. The molecule has 0 aliphatic heterocycles. The smallest absolute Gasteiger partial charge is 0.248 e. The molecule has 36 heavy (non-hydrogen) atoms. The lowest BCUT2D eigenvalue weighted by molar-refractivity contribution is 0.0991. The zero-order valence-corrected chi connectivity index (χ0v) is 20.2. The molecule has 3 N–H and O–H groups in total. The van der Waals surface area contributed by atoms with Gasteiger partial charge in [0.15, 0.2) is 17.2 Å². The van der Waals surface area contributed by atoms with Crippen molar-refractivity contribution in [3.05, 3.63) is 95.7 Å². The highest BCUT2D eigenvalue weighted by atomic mass is 16.1. The van der Waals surface area contributed by atoms with Crippen LogP contribution in [0.5, 0.6) is 0 Å². The van der Waals surface area contributed by atoms with Gasteiger partial charge in [0.05, 0.1) is 22.9 Å². The number of nitrogens with one attached hydrogen (secondary N) is 1. The first-order chi connectivity index (χ1) is 17.4. The first-order valence-electron chi connectivity index (χ1n) is 11.9. The fourth-order valence-corrected chi connectivity index (χ4v) is 4.32. The fourth-order valence-electron chi connectivity index (χ4n) is 4.32. The van der Waals surface area contributed by atoms with Crippen LogP contribution in [0.25, 0.3) is 27.9 Å². The molecule has 0 saturated carbocycles. The van der Waals surface area contributed by atoms with Crippen LogP contribution in [0.3, 0.4) is 0 Å². The Kier molecular flexibility index (Phi) is 6.21. The number of Topliss-reactive ketones (excluding diaryl/α,β-unsaturated/α-hetero) is 1. The van der Waals surface area contributed by atoms with E-state index in [1.807, 2.05) is 54.7 Å². The Hall–Kier alpha value is -4.52. The molecule has 2 heterocycles. The Morgan fingerprint density at radius 3 is 2.44 bits per heavy atom. The van der Waals surface area contributed by atoms with Gasteiger partial charge < -0.3 is 11.1 Å². The quantitative estimate of drug-likeness (QED) is 0.301. The first-order valence-corrected chi connectivity index (χ1v) is 11.9. The standard InChI is InChI=1S/C29H27N5O2/c1-18(2)16-31-28-29-32-17-25(34(29)24-10-6-5-9-23(24)33-28)19-11-13-20(14-12-19)26(35)15-21-7-3-4-8-22(21)27(30)36/h3-14,17-18H,15-16H2,1-2H3,(H2,30,36)(H,31,33). The minimum atomic E-state index is -0.537. The topological polar surface area (TPSA) is 102 Å². The van der Waals surface area contributed by atoms with E-state index < -0.39 is 5.91 Å². The molecule has 7 heteroatoms. The minimum absolute atomic E-state index is 0.0804. The summed E-state index contributed by atoms with van der Waals surface area (Å²) in [6.45, 7) is 5.09. The summed E-state index contributed by atoms with van der Waals surface area (Å²) in [6, 6.07) is 22.4. The normalized spacial score (nSPS) is 11.3. The van der Waals surface area contributed by atoms with Gasteiger partial charge in [-0.3, -0.25) is 14.0 Å². The molecule has 0 atom stereocenters. The maximum absolute atomic E-state index is 13.0. The van der Waals surface area contributed by atoms with Crippen LogP contribution >= 0.6 is 0 Å². The van der Waals surface area contributed by atoms with Crippen LogP contribution in [0, 0.1) is 5.92 Å². The molecule has 3 aromatic carbocycles. The minimum Gasteiger partial charge on any atom is -0.367 e. The number of ketones is 1. The summed E-state index contributed by atoms with van der Waals surface area (Å²) in [5.74, 6) is 0.592. The second-order valence-corrected chi connectivity index (χ2v) is 9.23. The number of para-hydroxylation sites is 2. The third-order valence-corrected chi connectivity index (χ3v) is 6.14. The van der Waals surface area contributed by atoms with Crippen LogP contribution in [0.15, 0.2) is 79.0 Å². The van der Waals surface area contributed by atoms with E-state index in [1.165, 1.54) is 0 Å². The third kappa shape index (κ3) is 4.43. The van der Waals surface area contributed by atoms with Crippen molar-refractivity contribution in [2.45, 2.75) is 20.3 Å². The van der Waals surface area contributed by atoms with E-state index >= 15 is 0 Å². The number of aromatic nitrogens is 3. The number of imidazole rings is 1. The number of rotatable bonds is 8. The van der Waals surface area contributed by atoms with E-state index in [4.69, 9.17) is 10.7 Å². The number of primary amides is 1. The van der Waals surface area contributed by atoms with Gasteiger partial charge >= 0.3 is 0 Å². The second-order valence-electron chi connectivity index (χ2n) is 9.23. The summed E-state index contributed by atoms with van der Waals surface area (Å²) in [6.07, 6.45) is 1.94. The lowest BCUT2D eigenvalue weighted by Gasteiger charge is -2.13. The Labute approximate surface area is 209 Å². The van der Waals surface area contributed by atoms with E-state index in [1.54, 1.807) is 24.3 Å². The predicted octanol–water partition coefficient (Wildman–Crippen LogP) is 5.14. The molecule has 1 amide bonds. The summed E-state index contributed by atoms with van der Waals surface area (Å²) in [5.41, 5.74) is 11.5. The number of carbonyl (C=O) groups is 2. The van der Waals surface area contributed by atoms with Crippen molar-refractivity contribution in [3.63, 3.8) is 0 Å². The molecule has 0 aliphatic carbocycles. The number of fused-ring (bicyclic) bond motifs is 3. The van der Waals surface area contributed by atoms with Crippen LogP contribution in [-0.4, -0.2) is 32.6 Å². The summed E-state index contributed by atoms with van der Waals surface area (Å²) >= 11 is 0. The van der Waals surface area contributed by atoms with Crippen molar-refractivity contribution in [1.82, 2.24) is 14.4 Å². The molecule has 5 rings (SSSR count). The SMILES string of the molecule is CC(C)CNc1nc2ccccc2n2c(-c3ccc(C(=O)Cc4ccccc4C(N)=O)cc3)cnc12. The second kappa shape index (κ2) is 9.62. The van der Waals surface area contributed by atoms with E-state index in [2.05, 4.69) is 28.5 Å². The van der Waals surface area contributed by atoms with E-state index in [0.29, 0.717) is 22.6 Å². The lowest BCUT2D eigenvalue weighted by atomic mass is 9.97. The maximum Gasteiger partial charge on any atom is 0.248 e. The average Bonchev–Trinajstić information content (AvgIpc) is 3.33. The third-order valence-electron chi connectivity index (χ3n) is 6.14. The van der Waals surface area contributed by atoms with Crippen molar-refractivity contribution in [1.29, 1.82) is 0 Å². The average molecular weight is 478 g/mol. The van der Waals surface area contributed by atoms with Crippen molar-refractivity contribution < 1.29 is 9.59 Å². The number of hydrogen-bond acceptors (Lipinski definition) is 5. The molecule has 0 spiro atoms. The van der Waals surface area contributed by atoms with E-state index in [-0.39, 0.29) is 12.2 Å². The van der Waals surface area contributed by atoms with Crippen LogP contribution in [0.1, 0.15) is 40.1 Å². The van der Waals surface area contributed by atoms with Crippen molar-refractivity contribution in [3.8, 4) is 11.3 Å². The zero-order chi connectivity index (χ0) is 25.2. The number of nitrogens with zero attached hydrogens (tertiary/aromatic N) is 3. The number of carbonyl (C=O) groups excluding carboxylic acids is 2. The van der Waals surface area contributed by atoms with Crippen molar-refractivity contribution >= 4 is 34.2 Å². The van der Waals surface area contributed by atoms with Gasteiger partial charge in [-0.05, 0) is 29.7 Å². The van der Waals surface area contributed by atoms with Crippen LogP contribution in [0.4, 0.5) is 5.82 Å². The van der Waals surface area contributed by atoms with Gasteiger partial charge in [0.25, 0.3) is 0 Å². The van der Waals surface area contributed by atoms with Crippen LogP contribution < -0.4 is 11.1 Å². The lowest BCUT2D eigenvalue weighted by Crippen LogP contribution is -2.15. The highest BCUT2D eigenvalue weighted by molar-refractivity contribution is 6.01. The monoisotopic (exact) mass is 477 g/mol. The summed E-state index contributed by atoms with van der Waals surface area (Å²) in [4.78, 5) is 34.2. The van der Waals surface area contributed by atoms with Crippen LogP contribution in [-0.2, 0) is 6.42 Å². The molecule has 0 radical (unpaired) electrons.